The Morgan fingerprint density at radius 2 is 1.85 bits per heavy atom. The predicted molar refractivity (Wildman–Crippen MR) is 121 cm³/mol. The summed E-state index contributed by atoms with van der Waals surface area (Å²) in [6, 6.07) is 9.70. The van der Waals surface area contributed by atoms with Crippen LogP contribution in [0.5, 0.6) is 0 Å². The first-order chi connectivity index (χ1) is 15.7. The van der Waals surface area contributed by atoms with Crippen molar-refractivity contribution in [1.82, 2.24) is 10.2 Å². The molecule has 0 aliphatic carbocycles. The zero-order chi connectivity index (χ0) is 24.2. The summed E-state index contributed by atoms with van der Waals surface area (Å²) in [5, 5.41) is 2.96. The highest BCUT2D eigenvalue weighted by atomic mass is 16.5. The largest absolute Gasteiger partial charge is 0.468 e. The van der Waals surface area contributed by atoms with Gasteiger partial charge in [0.15, 0.2) is 11.2 Å². The number of likely N-dealkylation sites (tertiary alicyclic amines) is 1. The number of benzene rings is 1. The van der Waals surface area contributed by atoms with Crippen LogP contribution in [0.25, 0.3) is 0 Å². The molecule has 3 atom stereocenters. The Morgan fingerprint density at radius 3 is 2.45 bits per heavy atom. The SMILES string of the molecule is C=C1C(=O)[C@](C)(C(=O)OC)[C@@H](CC(=O)N2CCC(C(=O)NCc3ccccc3)CC2)O[C@H]1C. The molecule has 3 rings (SSSR count). The first kappa shape index (κ1) is 24.6. The van der Waals surface area contributed by atoms with E-state index in [2.05, 4.69) is 11.9 Å². The fourth-order valence-electron chi connectivity index (χ4n) is 4.43. The number of nitrogens with zero attached hydrogens (tertiary/aromatic N) is 1. The number of rotatable bonds is 6. The van der Waals surface area contributed by atoms with Gasteiger partial charge in [-0.25, -0.2) is 0 Å². The van der Waals surface area contributed by atoms with Crippen molar-refractivity contribution in [2.45, 2.75) is 51.9 Å². The van der Waals surface area contributed by atoms with Crippen molar-refractivity contribution in [3.05, 3.63) is 48.0 Å². The highest BCUT2D eigenvalue weighted by Gasteiger charge is 2.55. The van der Waals surface area contributed by atoms with Gasteiger partial charge in [-0.1, -0.05) is 36.9 Å². The van der Waals surface area contributed by atoms with Crippen LogP contribution >= 0.6 is 0 Å². The highest BCUT2D eigenvalue weighted by Crippen LogP contribution is 2.39. The predicted octanol–water partition coefficient (Wildman–Crippen LogP) is 2.02. The third-order valence-corrected chi connectivity index (χ3v) is 6.76. The molecule has 2 aliphatic rings. The van der Waals surface area contributed by atoms with E-state index in [1.807, 2.05) is 30.3 Å². The maximum Gasteiger partial charge on any atom is 0.322 e. The number of piperidine rings is 1. The second kappa shape index (κ2) is 10.3. The average Bonchev–Trinajstić information content (AvgIpc) is 2.84. The number of esters is 1. The Hall–Kier alpha value is -3.00. The standard InChI is InChI=1S/C25H32N2O6/c1-16-17(2)33-20(25(3,22(16)29)24(31)32-4)14-21(28)27-12-10-19(11-13-27)23(30)26-15-18-8-6-5-7-9-18/h5-9,17,19-20H,1,10-15H2,2-4H3,(H,26,30)/t17-,20+,25+/m0/s1. The molecule has 2 saturated heterocycles. The first-order valence-electron chi connectivity index (χ1n) is 11.2. The summed E-state index contributed by atoms with van der Waals surface area (Å²) >= 11 is 0. The number of ketones is 1. The summed E-state index contributed by atoms with van der Waals surface area (Å²) in [4.78, 5) is 52.5. The molecule has 2 fully saturated rings. The maximum absolute atomic E-state index is 13.0. The molecule has 33 heavy (non-hydrogen) atoms. The third kappa shape index (κ3) is 5.16. The number of carbonyl (C=O) groups is 4. The van der Waals surface area contributed by atoms with E-state index in [1.54, 1.807) is 11.8 Å². The Bertz CT molecular complexity index is 922. The number of Topliss-reactive ketones (excluding diaryl/α,β-unsaturated/α-hetero) is 1. The van der Waals surface area contributed by atoms with Gasteiger partial charge in [-0.15, -0.1) is 0 Å². The van der Waals surface area contributed by atoms with E-state index >= 15 is 0 Å². The lowest BCUT2D eigenvalue weighted by Gasteiger charge is -2.41. The molecular formula is C25H32N2O6. The maximum atomic E-state index is 13.0. The summed E-state index contributed by atoms with van der Waals surface area (Å²) in [6.07, 6.45) is -0.555. The molecule has 8 heteroatoms. The summed E-state index contributed by atoms with van der Waals surface area (Å²) < 4.78 is 10.7. The van der Waals surface area contributed by atoms with Crippen molar-refractivity contribution in [2.24, 2.45) is 11.3 Å². The summed E-state index contributed by atoms with van der Waals surface area (Å²) in [7, 11) is 1.20. The van der Waals surface area contributed by atoms with E-state index in [-0.39, 0.29) is 29.7 Å². The lowest BCUT2D eigenvalue weighted by molar-refractivity contribution is -0.176. The van der Waals surface area contributed by atoms with E-state index in [9.17, 15) is 19.2 Å². The van der Waals surface area contributed by atoms with Gasteiger partial charge >= 0.3 is 5.97 Å². The van der Waals surface area contributed by atoms with Gasteiger partial charge in [0.25, 0.3) is 0 Å². The third-order valence-electron chi connectivity index (χ3n) is 6.76. The van der Waals surface area contributed by atoms with E-state index in [4.69, 9.17) is 9.47 Å². The number of ether oxygens (including phenoxy) is 2. The van der Waals surface area contributed by atoms with Crippen molar-refractivity contribution in [3.63, 3.8) is 0 Å². The van der Waals surface area contributed by atoms with E-state index in [0.29, 0.717) is 32.5 Å². The van der Waals surface area contributed by atoms with Crippen LogP contribution in [0.4, 0.5) is 0 Å². The van der Waals surface area contributed by atoms with Crippen LogP contribution in [0.2, 0.25) is 0 Å². The summed E-state index contributed by atoms with van der Waals surface area (Å²) in [5.74, 6) is -1.59. The monoisotopic (exact) mass is 456 g/mol. The van der Waals surface area contributed by atoms with Crippen LogP contribution in [-0.4, -0.2) is 60.9 Å². The molecule has 178 valence electrons. The van der Waals surface area contributed by atoms with Gasteiger partial charge in [0, 0.05) is 31.1 Å². The van der Waals surface area contributed by atoms with Crippen molar-refractivity contribution in [3.8, 4) is 0 Å². The number of hydrogen-bond acceptors (Lipinski definition) is 6. The number of nitrogens with one attached hydrogen (secondary N) is 1. The van der Waals surface area contributed by atoms with Gasteiger partial charge in [-0.05, 0) is 32.3 Å². The molecule has 1 aromatic rings. The fourth-order valence-corrected chi connectivity index (χ4v) is 4.43. The quantitative estimate of drug-likeness (QED) is 0.399. The molecular weight excluding hydrogens is 424 g/mol. The summed E-state index contributed by atoms with van der Waals surface area (Å²) in [6.45, 7) is 8.19. The van der Waals surface area contributed by atoms with Gasteiger partial charge in [-0.3, -0.25) is 19.2 Å². The molecule has 0 radical (unpaired) electrons. The lowest BCUT2D eigenvalue weighted by atomic mass is 9.72. The average molecular weight is 457 g/mol. The van der Waals surface area contributed by atoms with Crippen LogP contribution in [-0.2, 0) is 35.2 Å². The van der Waals surface area contributed by atoms with Crippen LogP contribution in [0.3, 0.4) is 0 Å². The molecule has 1 aromatic carbocycles. The molecule has 0 spiro atoms. The Balaban J connectivity index is 1.56. The van der Waals surface area contributed by atoms with Crippen molar-refractivity contribution >= 4 is 23.6 Å². The number of methoxy groups -OCH3 is 1. The van der Waals surface area contributed by atoms with Crippen LogP contribution in [0.1, 0.15) is 38.7 Å². The lowest BCUT2D eigenvalue weighted by Crippen LogP contribution is -2.56. The molecule has 0 aromatic heterocycles. The first-order valence-corrected chi connectivity index (χ1v) is 11.2. The van der Waals surface area contributed by atoms with Crippen molar-refractivity contribution < 1.29 is 28.7 Å². The molecule has 0 saturated carbocycles. The van der Waals surface area contributed by atoms with E-state index in [1.165, 1.54) is 14.0 Å². The Labute approximate surface area is 194 Å². The molecule has 2 amide bonds. The van der Waals surface area contributed by atoms with Crippen molar-refractivity contribution in [1.29, 1.82) is 0 Å². The second-order valence-electron chi connectivity index (χ2n) is 8.88. The van der Waals surface area contributed by atoms with Gasteiger partial charge in [0.1, 0.15) is 0 Å². The van der Waals surface area contributed by atoms with E-state index < -0.39 is 29.4 Å². The van der Waals surface area contributed by atoms with E-state index in [0.717, 1.165) is 5.56 Å². The van der Waals surface area contributed by atoms with Gasteiger partial charge < -0.3 is 19.7 Å². The van der Waals surface area contributed by atoms with Crippen LogP contribution < -0.4 is 5.32 Å². The van der Waals surface area contributed by atoms with Gasteiger partial charge in [-0.2, -0.15) is 0 Å². The van der Waals surface area contributed by atoms with Crippen molar-refractivity contribution in [2.75, 3.05) is 20.2 Å². The second-order valence-corrected chi connectivity index (χ2v) is 8.88. The molecule has 1 N–H and O–H groups in total. The fraction of sp³-hybridized carbons (Fsp3) is 0.520. The molecule has 2 aliphatic heterocycles. The zero-order valence-corrected chi connectivity index (χ0v) is 19.5. The number of amides is 2. The molecule has 2 heterocycles. The topological polar surface area (TPSA) is 102 Å². The summed E-state index contributed by atoms with van der Waals surface area (Å²) in [5.41, 5.74) is -0.399. The Morgan fingerprint density at radius 1 is 1.21 bits per heavy atom. The van der Waals surface area contributed by atoms with Crippen LogP contribution in [0, 0.1) is 11.3 Å². The molecule has 0 bridgehead atoms. The van der Waals surface area contributed by atoms with Gasteiger partial charge in [0.05, 0.1) is 25.7 Å². The number of carbonyl (C=O) groups excluding carboxylic acids is 4. The molecule has 0 unspecified atom stereocenters. The minimum atomic E-state index is -1.62. The Kier molecular flexibility index (Phi) is 7.68. The minimum absolute atomic E-state index is 0.0160. The van der Waals surface area contributed by atoms with Gasteiger partial charge in [0.2, 0.25) is 11.8 Å². The van der Waals surface area contributed by atoms with Crippen LogP contribution in [0.15, 0.2) is 42.5 Å². The number of hydrogen-bond donors (Lipinski definition) is 1. The highest BCUT2D eigenvalue weighted by molar-refractivity contribution is 6.13. The smallest absolute Gasteiger partial charge is 0.322 e. The minimum Gasteiger partial charge on any atom is -0.468 e. The molecule has 8 nitrogen and oxygen atoms in total. The normalized spacial score (nSPS) is 26.1. The zero-order valence-electron chi connectivity index (χ0n) is 19.5.